The highest BCUT2D eigenvalue weighted by atomic mass is 15.2. The van der Waals surface area contributed by atoms with E-state index in [2.05, 4.69) is 36.1 Å². The molecule has 3 aliphatic heterocycles. The maximum atomic E-state index is 6.42. The molecule has 1 aromatic carbocycles. The summed E-state index contributed by atoms with van der Waals surface area (Å²) in [5.74, 6) is 0.772. The Morgan fingerprint density at radius 1 is 1.24 bits per heavy atom. The van der Waals surface area contributed by atoms with E-state index >= 15 is 0 Å². The smallest absolute Gasteiger partial charge is 0.0290 e. The van der Waals surface area contributed by atoms with Crippen molar-refractivity contribution in [2.75, 3.05) is 13.1 Å². The van der Waals surface area contributed by atoms with Crippen molar-refractivity contribution in [3.63, 3.8) is 0 Å². The predicted molar refractivity (Wildman–Crippen MR) is 70.9 cm³/mol. The van der Waals surface area contributed by atoms with Gasteiger partial charge in [-0.25, -0.2) is 0 Å². The van der Waals surface area contributed by atoms with Crippen molar-refractivity contribution in [1.82, 2.24) is 4.90 Å². The molecule has 2 bridgehead atoms. The minimum atomic E-state index is 0.386. The van der Waals surface area contributed by atoms with E-state index in [0.717, 1.165) is 12.3 Å². The first-order valence-electron chi connectivity index (χ1n) is 6.80. The van der Waals surface area contributed by atoms with Gasteiger partial charge in [0.15, 0.2) is 0 Å². The minimum absolute atomic E-state index is 0.386. The van der Waals surface area contributed by atoms with Gasteiger partial charge in [-0.05, 0) is 56.3 Å². The number of hydrogen-bond donors (Lipinski definition) is 1. The van der Waals surface area contributed by atoms with Crippen molar-refractivity contribution in [2.24, 2.45) is 11.7 Å². The summed E-state index contributed by atoms with van der Waals surface area (Å²) in [6.45, 7) is 4.72. The lowest BCUT2D eigenvalue weighted by molar-refractivity contribution is 0.0287. The Labute approximate surface area is 104 Å². The maximum Gasteiger partial charge on any atom is 0.0290 e. The van der Waals surface area contributed by atoms with Gasteiger partial charge >= 0.3 is 0 Å². The molecular formula is C15H22N2. The number of nitrogens with zero attached hydrogens (tertiary/aromatic N) is 1. The Balaban J connectivity index is 1.79. The predicted octanol–water partition coefficient (Wildman–Crippen LogP) is 1.96. The van der Waals surface area contributed by atoms with E-state index < -0.39 is 0 Å². The third-order valence-electron chi connectivity index (χ3n) is 4.72. The summed E-state index contributed by atoms with van der Waals surface area (Å²) in [5.41, 5.74) is 9.30. The van der Waals surface area contributed by atoms with Crippen molar-refractivity contribution >= 4 is 0 Å². The first kappa shape index (κ1) is 11.2. The average Bonchev–Trinajstić information content (AvgIpc) is 2.36. The van der Waals surface area contributed by atoms with Crippen molar-refractivity contribution < 1.29 is 0 Å². The quantitative estimate of drug-likeness (QED) is 0.841. The first-order valence-corrected chi connectivity index (χ1v) is 6.80. The number of rotatable bonds is 2. The van der Waals surface area contributed by atoms with Gasteiger partial charge in [-0.15, -0.1) is 0 Å². The van der Waals surface area contributed by atoms with Crippen LogP contribution in [0.4, 0.5) is 0 Å². The summed E-state index contributed by atoms with van der Waals surface area (Å²) in [7, 11) is 0. The lowest BCUT2D eigenvalue weighted by atomic mass is 9.77. The van der Waals surface area contributed by atoms with Gasteiger partial charge in [-0.1, -0.05) is 24.3 Å². The van der Waals surface area contributed by atoms with E-state index in [9.17, 15) is 0 Å². The second kappa shape index (κ2) is 4.43. The summed E-state index contributed by atoms with van der Waals surface area (Å²) in [4.78, 5) is 2.61. The van der Waals surface area contributed by atoms with Crippen molar-refractivity contribution in [3.05, 3.63) is 35.4 Å². The molecule has 2 N–H and O–H groups in total. The topological polar surface area (TPSA) is 29.3 Å². The summed E-state index contributed by atoms with van der Waals surface area (Å²) >= 11 is 0. The molecule has 1 aromatic rings. The molecule has 2 unspecified atom stereocenters. The van der Waals surface area contributed by atoms with Crippen LogP contribution in [0.15, 0.2) is 24.3 Å². The number of fused-ring (bicyclic) bond motifs is 3. The SMILES string of the molecule is Cc1ccccc1CC1C(N)C2CCN1CC2. The molecule has 2 atom stereocenters. The minimum Gasteiger partial charge on any atom is -0.326 e. The Kier molecular flexibility index (Phi) is 2.93. The van der Waals surface area contributed by atoms with Crippen molar-refractivity contribution in [1.29, 1.82) is 0 Å². The highest BCUT2D eigenvalue weighted by Gasteiger charge is 2.39. The van der Waals surface area contributed by atoms with Gasteiger partial charge in [0.25, 0.3) is 0 Å². The standard InChI is InChI=1S/C15H22N2/c1-11-4-2-3-5-13(11)10-14-15(16)12-6-8-17(14)9-7-12/h2-5,12,14-15H,6-10,16H2,1H3. The van der Waals surface area contributed by atoms with Gasteiger partial charge < -0.3 is 5.73 Å². The Morgan fingerprint density at radius 3 is 2.59 bits per heavy atom. The van der Waals surface area contributed by atoms with Crippen LogP contribution in [-0.4, -0.2) is 30.1 Å². The maximum absolute atomic E-state index is 6.42. The molecule has 3 saturated heterocycles. The molecule has 4 rings (SSSR count). The molecule has 0 saturated carbocycles. The van der Waals surface area contributed by atoms with E-state index in [1.165, 1.54) is 37.1 Å². The molecule has 0 spiro atoms. The third-order valence-corrected chi connectivity index (χ3v) is 4.72. The number of piperidine rings is 3. The number of benzene rings is 1. The van der Waals surface area contributed by atoms with E-state index in [1.54, 1.807) is 0 Å². The summed E-state index contributed by atoms with van der Waals surface area (Å²) in [5, 5.41) is 0. The third kappa shape index (κ3) is 2.00. The van der Waals surface area contributed by atoms with Gasteiger partial charge in [-0.3, -0.25) is 4.90 Å². The molecule has 3 aliphatic rings. The van der Waals surface area contributed by atoms with Gasteiger partial charge in [0.2, 0.25) is 0 Å². The fraction of sp³-hybridized carbons (Fsp3) is 0.600. The van der Waals surface area contributed by atoms with E-state index in [4.69, 9.17) is 5.73 Å². The molecule has 0 aliphatic carbocycles. The van der Waals surface area contributed by atoms with Gasteiger partial charge in [0.1, 0.15) is 0 Å². The average molecular weight is 230 g/mol. The van der Waals surface area contributed by atoms with Crippen LogP contribution in [0.3, 0.4) is 0 Å². The fourth-order valence-electron chi connectivity index (χ4n) is 3.52. The van der Waals surface area contributed by atoms with E-state index in [-0.39, 0.29) is 0 Å². The summed E-state index contributed by atoms with van der Waals surface area (Å²) in [6, 6.07) is 9.68. The summed E-state index contributed by atoms with van der Waals surface area (Å²) < 4.78 is 0. The number of aryl methyl sites for hydroxylation is 1. The zero-order valence-corrected chi connectivity index (χ0v) is 10.6. The van der Waals surface area contributed by atoms with Crippen LogP contribution in [0.5, 0.6) is 0 Å². The van der Waals surface area contributed by atoms with Crippen LogP contribution < -0.4 is 5.73 Å². The Hall–Kier alpha value is -0.860. The second-order valence-electron chi connectivity index (χ2n) is 5.65. The zero-order valence-electron chi connectivity index (χ0n) is 10.6. The lowest BCUT2D eigenvalue weighted by Crippen LogP contribution is -2.61. The first-order chi connectivity index (χ1) is 8.25. The molecule has 3 fully saturated rings. The lowest BCUT2D eigenvalue weighted by Gasteiger charge is -2.50. The van der Waals surface area contributed by atoms with Crippen molar-refractivity contribution in [2.45, 2.75) is 38.3 Å². The van der Waals surface area contributed by atoms with Crippen LogP contribution in [-0.2, 0) is 6.42 Å². The van der Waals surface area contributed by atoms with Crippen LogP contribution in [0.2, 0.25) is 0 Å². The molecule has 0 amide bonds. The zero-order chi connectivity index (χ0) is 11.8. The highest BCUT2D eigenvalue weighted by Crippen LogP contribution is 2.32. The molecule has 0 aromatic heterocycles. The van der Waals surface area contributed by atoms with Crippen LogP contribution >= 0.6 is 0 Å². The van der Waals surface area contributed by atoms with E-state index in [1.807, 2.05) is 0 Å². The molecule has 2 heteroatoms. The second-order valence-corrected chi connectivity index (χ2v) is 5.65. The van der Waals surface area contributed by atoms with Gasteiger partial charge in [0, 0.05) is 12.1 Å². The largest absolute Gasteiger partial charge is 0.326 e. The number of nitrogens with two attached hydrogens (primary N) is 1. The molecule has 3 heterocycles. The molecule has 2 nitrogen and oxygen atoms in total. The molecule has 92 valence electrons. The van der Waals surface area contributed by atoms with Crippen molar-refractivity contribution in [3.8, 4) is 0 Å². The fourth-order valence-corrected chi connectivity index (χ4v) is 3.52. The van der Waals surface area contributed by atoms with Gasteiger partial charge in [-0.2, -0.15) is 0 Å². The monoisotopic (exact) mass is 230 g/mol. The van der Waals surface area contributed by atoms with E-state index in [0.29, 0.717) is 12.1 Å². The molecular weight excluding hydrogens is 208 g/mol. The van der Waals surface area contributed by atoms with Crippen LogP contribution in [0, 0.1) is 12.8 Å². The van der Waals surface area contributed by atoms with Crippen LogP contribution in [0.25, 0.3) is 0 Å². The highest BCUT2D eigenvalue weighted by molar-refractivity contribution is 5.27. The normalized spacial score (nSPS) is 36.1. The Morgan fingerprint density at radius 2 is 1.94 bits per heavy atom. The summed E-state index contributed by atoms with van der Waals surface area (Å²) in [6.07, 6.45) is 3.75. The molecule has 0 radical (unpaired) electrons. The van der Waals surface area contributed by atoms with Crippen LogP contribution in [0.1, 0.15) is 24.0 Å². The molecule has 17 heavy (non-hydrogen) atoms. The number of hydrogen-bond acceptors (Lipinski definition) is 2. The van der Waals surface area contributed by atoms with Gasteiger partial charge in [0.05, 0.1) is 0 Å². The Bertz CT molecular complexity index is 392.